The molecule has 2 heterocycles. The summed E-state index contributed by atoms with van der Waals surface area (Å²) in [5.74, 6) is 0.518. The normalized spacial score (nSPS) is 18.2. The molecule has 4 rings (SSSR count). The van der Waals surface area contributed by atoms with Gasteiger partial charge in [0.05, 0.1) is 21.6 Å². The largest absolute Gasteiger partial charge is 0.485 e. The van der Waals surface area contributed by atoms with E-state index in [4.69, 9.17) is 27.9 Å². The average Bonchev–Trinajstić information content (AvgIpc) is 3.36. The van der Waals surface area contributed by atoms with Crippen molar-refractivity contribution in [2.24, 2.45) is 0 Å². The Morgan fingerprint density at radius 3 is 2.59 bits per heavy atom. The first-order valence-electron chi connectivity index (χ1n) is 9.79. The number of benzene rings is 2. The fraction of sp³-hybridized carbons (Fsp3) is 0.286. The van der Waals surface area contributed by atoms with Crippen molar-refractivity contribution in [3.8, 4) is 5.75 Å². The fourth-order valence-electron chi connectivity index (χ4n) is 3.32. The maximum absolute atomic E-state index is 13.0. The van der Waals surface area contributed by atoms with Crippen LogP contribution < -0.4 is 20.3 Å². The summed E-state index contributed by atoms with van der Waals surface area (Å²) in [4.78, 5) is 14.7. The van der Waals surface area contributed by atoms with E-state index >= 15 is 0 Å². The van der Waals surface area contributed by atoms with Crippen LogP contribution >= 0.6 is 46.3 Å². The number of hydrogen-bond acceptors (Lipinski definition) is 8. The third kappa shape index (κ3) is 4.61. The molecule has 0 aliphatic carbocycles. The van der Waals surface area contributed by atoms with Crippen LogP contribution in [0.2, 0.25) is 10.0 Å². The molecule has 1 fully saturated rings. The molecule has 7 nitrogen and oxygen atoms in total. The molecular formula is C21H21Cl2N5O2S2. The van der Waals surface area contributed by atoms with Crippen LogP contribution in [0.1, 0.15) is 22.9 Å². The molecule has 32 heavy (non-hydrogen) atoms. The number of anilines is 3. The van der Waals surface area contributed by atoms with Crippen LogP contribution in [0.15, 0.2) is 36.4 Å². The summed E-state index contributed by atoms with van der Waals surface area (Å²) in [7, 11) is 3.75. The van der Waals surface area contributed by atoms with Crippen molar-refractivity contribution < 1.29 is 9.53 Å². The lowest BCUT2D eigenvalue weighted by molar-refractivity contribution is -0.117. The van der Waals surface area contributed by atoms with E-state index in [1.165, 1.54) is 11.3 Å². The Morgan fingerprint density at radius 2 is 1.88 bits per heavy atom. The van der Waals surface area contributed by atoms with Gasteiger partial charge in [0.1, 0.15) is 17.7 Å². The van der Waals surface area contributed by atoms with Gasteiger partial charge in [-0.2, -0.15) is 0 Å². The molecule has 0 saturated carbocycles. The molecule has 1 aromatic heterocycles. The van der Waals surface area contributed by atoms with Crippen LogP contribution in [-0.4, -0.2) is 35.4 Å². The van der Waals surface area contributed by atoms with Crippen molar-refractivity contribution in [3.05, 3.63) is 57.0 Å². The molecule has 1 aliphatic rings. The average molecular weight is 510 g/mol. The molecule has 1 aliphatic heterocycles. The quantitative estimate of drug-likeness (QED) is 0.424. The molecule has 168 valence electrons. The van der Waals surface area contributed by atoms with Gasteiger partial charge in [-0.3, -0.25) is 9.69 Å². The zero-order valence-electron chi connectivity index (χ0n) is 17.6. The van der Waals surface area contributed by atoms with E-state index in [2.05, 4.69) is 26.9 Å². The molecule has 0 bridgehead atoms. The summed E-state index contributed by atoms with van der Waals surface area (Å²) in [6.07, 6.45) is 0. The molecule has 0 spiro atoms. The maximum atomic E-state index is 13.0. The van der Waals surface area contributed by atoms with Crippen LogP contribution in [0, 0.1) is 0 Å². The van der Waals surface area contributed by atoms with E-state index in [1.807, 2.05) is 33.2 Å². The highest BCUT2D eigenvalue weighted by Crippen LogP contribution is 2.47. The molecule has 2 atom stereocenters. The Kier molecular flexibility index (Phi) is 6.99. The zero-order valence-corrected chi connectivity index (χ0v) is 20.7. The van der Waals surface area contributed by atoms with E-state index in [-0.39, 0.29) is 23.1 Å². The number of carbonyl (C=O) groups is 1. The summed E-state index contributed by atoms with van der Waals surface area (Å²) >= 11 is 15.0. The molecule has 0 radical (unpaired) electrons. The van der Waals surface area contributed by atoms with Crippen LogP contribution in [0.3, 0.4) is 0 Å². The minimum absolute atomic E-state index is 0.00747. The molecule has 2 unspecified atom stereocenters. The molecule has 2 N–H and O–H groups in total. The van der Waals surface area contributed by atoms with Gasteiger partial charge < -0.3 is 15.4 Å². The zero-order chi connectivity index (χ0) is 22.8. The van der Waals surface area contributed by atoms with Crippen molar-refractivity contribution in [2.45, 2.75) is 24.2 Å². The summed E-state index contributed by atoms with van der Waals surface area (Å²) in [6, 6.07) is 11.1. The van der Waals surface area contributed by atoms with E-state index < -0.39 is 0 Å². The lowest BCUT2D eigenvalue weighted by atomic mass is 10.1. The maximum Gasteiger partial charge on any atom is 0.242 e. The number of nitrogens with one attached hydrogen (secondary N) is 2. The van der Waals surface area contributed by atoms with E-state index in [0.29, 0.717) is 25.9 Å². The van der Waals surface area contributed by atoms with Crippen LogP contribution in [-0.2, 0) is 11.4 Å². The fourth-order valence-corrected chi connectivity index (χ4v) is 5.88. The lowest BCUT2D eigenvalue weighted by Gasteiger charge is -2.22. The van der Waals surface area contributed by atoms with Crippen LogP contribution in [0.4, 0.5) is 16.5 Å². The first kappa shape index (κ1) is 23.0. The second-order valence-corrected chi connectivity index (χ2v) is 10.3. The number of ether oxygens (including phenoxy) is 1. The Hall–Kier alpha value is -2.20. The summed E-state index contributed by atoms with van der Waals surface area (Å²) < 4.78 is 5.76. The molecule has 2 aromatic carbocycles. The molecule has 1 amide bonds. The molecule has 1 saturated heterocycles. The SMILES string of the molecule is CNc1ccc(C2SC(C)C(=O)N2c2nnc(COc3ccc(Cl)cc3Cl)s2)cc1NC. The van der Waals surface area contributed by atoms with Gasteiger partial charge in [0, 0.05) is 19.1 Å². The number of aromatic nitrogens is 2. The number of amides is 1. The van der Waals surface area contributed by atoms with Gasteiger partial charge in [-0.15, -0.1) is 22.0 Å². The summed E-state index contributed by atoms with van der Waals surface area (Å²) in [6.45, 7) is 2.10. The Morgan fingerprint density at radius 1 is 1.09 bits per heavy atom. The first-order chi connectivity index (χ1) is 15.4. The van der Waals surface area contributed by atoms with Gasteiger partial charge in [-0.25, -0.2) is 0 Å². The molecular weight excluding hydrogens is 489 g/mol. The predicted molar refractivity (Wildman–Crippen MR) is 134 cm³/mol. The lowest BCUT2D eigenvalue weighted by Crippen LogP contribution is -2.30. The number of nitrogens with zero attached hydrogens (tertiary/aromatic N) is 3. The summed E-state index contributed by atoms with van der Waals surface area (Å²) in [5.41, 5.74) is 2.96. The number of thioether (sulfide) groups is 1. The van der Waals surface area contributed by atoms with Crippen LogP contribution in [0.25, 0.3) is 0 Å². The van der Waals surface area contributed by atoms with Crippen molar-refractivity contribution >= 4 is 68.7 Å². The predicted octanol–water partition coefficient (Wildman–Crippen LogP) is 5.67. The second-order valence-electron chi connectivity index (χ2n) is 6.99. The van der Waals surface area contributed by atoms with E-state index in [1.54, 1.807) is 34.9 Å². The van der Waals surface area contributed by atoms with Gasteiger partial charge in [0.15, 0.2) is 5.01 Å². The third-order valence-corrected chi connectivity index (χ3v) is 7.70. The Balaban J connectivity index is 1.56. The number of halogens is 2. The molecule has 11 heteroatoms. The highest BCUT2D eigenvalue weighted by molar-refractivity contribution is 8.01. The smallest absolute Gasteiger partial charge is 0.242 e. The first-order valence-corrected chi connectivity index (χ1v) is 12.3. The van der Waals surface area contributed by atoms with Crippen molar-refractivity contribution in [1.82, 2.24) is 10.2 Å². The monoisotopic (exact) mass is 509 g/mol. The van der Waals surface area contributed by atoms with Gasteiger partial charge in [0.25, 0.3) is 0 Å². The van der Waals surface area contributed by atoms with E-state index in [0.717, 1.165) is 16.9 Å². The third-order valence-electron chi connectivity index (χ3n) is 4.93. The van der Waals surface area contributed by atoms with Crippen molar-refractivity contribution in [1.29, 1.82) is 0 Å². The number of rotatable bonds is 7. The molecule has 3 aromatic rings. The minimum Gasteiger partial charge on any atom is -0.485 e. The van der Waals surface area contributed by atoms with Gasteiger partial charge in [-0.05, 0) is 42.8 Å². The minimum atomic E-state index is -0.192. The van der Waals surface area contributed by atoms with Gasteiger partial charge >= 0.3 is 0 Å². The summed E-state index contributed by atoms with van der Waals surface area (Å²) in [5, 5.41) is 16.6. The number of hydrogen-bond donors (Lipinski definition) is 2. The highest BCUT2D eigenvalue weighted by Gasteiger charge is 2.41. The van der Waals surface area contributed by atoms with Crippen LogP contribution in [0.5, 0.6) is 5.75 Å². The number of carbonyl (C=O) groups excluding carboxylic acids is 1. The van der Waals surface area contributed by atoms with Crippen molar-refractivity contribution in [2.75, 3.05) is 29.6 Å². The Labute approximate surface area is 204 Å². The standard InChI is InChI=1S/C21H21Cl2N5O2S2/c1-11-19(29)28(20(31-11)12-4-6-15(24-2)16(8-12)25-3)21-27-26-18(32-21)10-30-17-7-5-13(22)9-14(17)23/h4-9,11,20,24-25H,10H2,1-3H3. The topological polar surface area (TPSA) is 79.4 Å². The second kappa shape index (κ2) is 9.74. The van der Waals surface area contributed by atoms with Gasteiger partial charge in [-0.1, -0.05) is 40.6 Å². The van der Waals surface area contributed by atoms with Gasteiger partial charge in [0.2, 0.25) is 11.0 Å². The van der Waals surface area contributed by atoms with E-state index in [9.17, 15) is 4.79 Å². The Bertz CT molecular complexity index is 1140. The highest BCUT2D eigenvalue weighted by atomic mass is 35.5. The van der Waals surface area contributed by atoms with Crippen molar-refractivity contribution in [3.63, 3.8) is 0 Å².